The molecule has 1 aliphatic rings. The SMILES string of the molecule is Cc1ccc(COc2cccc(C3C(C#N)=C(N)Oc4cc(OC(=O)c5cc([N+](=O)[O-])ccc5Cl)ccc43)c2)cc1. The van der Waals surface area contributed by atoms with E-state index in [0.29, 0.717) is 17.9 Å². The Hall–Kier alpha value is -5.33. The van der Waals surface area contributed by atoms with Gasteiger partial charge < -0.3 is 19.9 Å². The molecule has 1 heterocycles. The van der Waals surface area contributed by atoms with Gasteiger partial charge in [0.05, 0.1) is 21.4 Å². The smallest absolute Gasteiger partial charge is 0.345 e. The van der Waals surface area contributed by atoms with Crippen LogP contribution >= 0.6 is 11.6 Å². The molecule has 0 amide bonds. The molecule has 0 spiro atoms. The summed E-state index contributed by atoms with van der Waals surface area (Å²) < 4.78 is 17.2. The molecule has 0 saturated carbocycles. The third kappa shape index (κ3) is 5.83. The van der Waals surface area contributed by atoms with E-state index in [1.165, 1.54) is 24.3 Å². The molecular formula is C31H22ClN3O6. The first-order valence-corrected chi connectivity index (χ1v) is 12.8. The van der Waals surface area contributed by atoms with Crippen LogP contribution in [-0.2, 0) is 6.61 Å². The molecule has 0 aromatic heterocycles. The summed E-state index contributed by atoms with van der Waals surface area (Å²) in [6.45, 7) is 2.40. The fraction of sp³-hybridized carbons (Fsp3) is 0.0968. The summed E-state index contributed by atoms with van der Waals surface area (Å²) in [5.41, 5.74) is 9.46. The van der Waals surface area contributed by atoms with Crippen LogP contribution in [0, 0.1) is 28.4 Å². The minimum atomic E-state index is -0.884. The van der Waals surface area contributed by atoms with Crippen molar-refractivity contribution < 1.29 is 23.9 Å². The van der Waals surface area contributed by atoms with Crippen LogP contribution in [0.25, 0.3) is 0 Å². The highest BCUT2D eigenvalue weighted by atomic mass is 35.5. The number of nitro benzene ring substituents is 1. The molecule has 5 rings (SSSR count). The third-order valence-electron chi connectivity index (χ3n) is 6.50. The quantitative estimate of drug-likeness (QED) is 0.114. The van der Waals surface area contributed by atoms with Gasteiger partial charge in [-0.2, -0.15) is 5.26 Å². The van der Waals surface area contributed by atoms with Crippen molar-refractivity contribution in [1.82, 2.24) is 0 Å². The molecular weight excluding hydrogens is 546 g/mol. The number of carbonyl (C=O) groups excluding carboxylic acids is 1. The van der Waals surface area contributed by atoms with Gasteiger partial charge in [0.15, 0.2) is 0 Å². The molecule has 1 unspecified atom stereocenters. The molecule has 4 aromatic carbocycles. The molecule has 1 atom stereocenters. The van der Waals surface area contributed by atoms with Crippen LogP contribution in [0.3, 0.4) is 0 Å². The zero-order chi connectivity index (χ0) is 29.1. The minimum Gasteiger partial charge on any atom is -0.489 e. The topological polar surface area (TPSA) is 138 Å². The lowest BCUT2D eigenvalue weighted by atomic mass is 9.83. The van der Waals surface area contributed by atoms with Crippen LogP contribution in [0.2, 0.25) is 5.02 Å². The number of halogens is 1. The summed E-state index contributed by atoms with van der Waals surface area (Å²) in [6, 6.07) is 25.7. The third-order valence-corrected chi connectivity index (χ3v) is 6.83. The highest BCUT2D eigenvalue weighted by Gasteiger charge is 2.31. The first-order valence-electron chi connectivity index (χ1n) is 12.4. The maximum atomic E-state index is 12.8. The van der Waals surface area contributed by atoms with Crippen LogP contribution in [-0.4, -0.2) is 10.9 Å². The highest BCUT2D eigenvalue weighted by molar-refractivity contribution is 6.33. The fourth-order valence-electron chi connectivity index (χ4n) is 4.42. The van der Waals surface area contributed by atoms with E-state index >= 15 is 0 Å². The number of nitriles is 1. The van der Waals surface area contributed by atoms with Gasteiger partial charge in [-0.3, -0.25) is 10.1 Å². The van der Waals surface area contributed by atoms with Gasteiger partial charge in [-0.05, 0) is 42.3 Å². The molecule has 0 radical (unpaired) electrons. The number of esters is 1. The minimum absolute atomic E-state index is 0.00481. The summed E-state index contributed by atoms with van der Waals surface area (Å²) in [5, 5.41) is 21.0. The number of fused-ring (bicyclic) bond motifs is 1. The highest BCUT2D eigenvalue weighted by Crippen LogP contribution is 2.44. The van der Waals surface area contributed by atoms with Crippen molar-refractivity contribution in [2.75, 3.05) is 0 Å². The number of non-ortho nitro benzene ring substituents is 1. The van der Waals surface area contributed by atoms with Gasteiger partial charge >= 0.3 is 5.97 Å². The van der Waals surface area contributed by atoms with Crippen molar-refractivity contribution in [3.63, 3.8) is 0 Å². The molecule has 41 heavy (non-hydrogen) atoms. The number of benzene rings is 4. The van der Waals surface area contributed by atoms with E-state index in [4.69, 9.17) is 31.5 Å². The number of carbonyl (C=O) groups is 1. The molecule has 0 saturated heterocycles. The van der Waals surface area contributed by atoms with Crippen molar-refractivity contribution in [2.45, 2.75) is 19.4 Å². The second-order valence-corrected chi connectivity index (χ2v) is 9.69. The van der Waals surface area contributed by atoms with E-state index in [1.54, 1.807) is 6.07 Å². The molecule has 0 bridgehead atoms. The van der Waals surface area contributed by atoms with Gasteiger partial charge in [-0.25, -0.2) is 4.79 Å². The molecule has 9 nitrogen and oxygen atoms in total. The molecule has 204 valence electrons. The Morgan fingerprint density at radius 1 is 1.07 bits per heavy atom. The summed E-state index contributed by atoms with van der Waals surface area (Å²) in [6.07, 6.45) is 0. The van der Waals surface area contributed by atoms with E-state index in [9.17, 15) is 20.2 Å². The molecule has 0 fully saturated rings. The van der Waals surface area contributed by atoms with E-state index in [0.717, 1.165) is 22.8 Å². The lowest BCUT2D eigenvalue weighted by molar-refractivity contribution is -0.384. The number of nitro groups is 1. The van der Waals surface area contributed by atoms with Gasteiger partial charge in [0.2, 0.25) is 5.88 Å². The predicted molar refractivity (Wildman–Crippen MR) is 151 cm³/mol. The average molecular weight is 568 g/mol. The Morgan fingerprint density at radius 2 is 1.85 bits per heavy atom. The zero-order valence-corrected chi connectivity index (χ0v) is 22.4. The number of nitrogens with zero attached hydrogens (tertiary/aromatic N) is 2. The lowest BCUT2D eigenvalue weighted by Crippen LogP contribution is -2.21. The Labute approximate surface area is 240 Å². The number of nitrogens with two attached hydrogens (primary N) is 1. The lowest BCUT2D eigenvalue weighted by Gasteiger charge is -2.27. The van der Waals surface area contributed by atoms with Crippen molar-refractivity contribution in [3.05, 3.63) is 139 Å². The van der Waals surface area contributed by atoms with Gasteiger partial charge in [-0.1, -0.05) is 59.6 Å². The Kier molecular flexibility index (Phi) is 7.59. The predicted octanol–water partition coefficient (Wildman–Crippen LogP) is 6.57. The van der Waals surface area contributed by atoms with Gasteiger partial charge in [0.25, 0.3) is 5.69 Å². The van der Waals surface area contributed by atoms with E-state index in [2.05, 4.69) is 6.07 Å². The van der Waals surface area contributed by atoms with Crippen LogP contribution in [0.1, 0.15) is 38.5 Å². The van der Waals surface area contributed by atoms with Crippen LogP contribution in [0.15, 0.2) is 96.4 Å². The first-order chi connectivity index (χ1) is 19.7. The number of allylic oxidation sites excluding steroid dienone is 1. The number of hydrogen-bond donors (Lipinski definition) is 1. The molecule has 2 N–H and O–H groups in total. The standard InChI is InChI=1S/C31H22ClN3O6/c1-18-5-7-19(8-6-18)17-39-22-4-2-3-20(13-22)29-24-11-10-23(15-28(24)41-30(34)26(29)16-33)40-31(36)25-14-21(35(37)38)9-12-27(25)32/h2-15,29H,17,34H2,1H3. The molecule has 10 heteroatoms. The second-order valence-electron chi connectivity index (χ2n) is 9.28. The molecule has 4 aromatic rings. The largest absolute Gasteiger partial charge is 0.489 e. The zero-order valence-electron chi connectivity index (χ0n) is 21.7. The van der Waals surface area contributed by atoms with Crippen molar-refractivity contribution >= 4 is 23.3 Å². The first kappa shape index (κ1) is 27.2. The maximum absolute atomic E-state index is 12.8. The van der Waals surface area contributed by atoms with Crippen LogP contribution in [0.5, 0.6) is 17.2 Å². The number of ether oxygens (including phenoxy) is 3. The summed E-state index contributed by atoms with van der Waals surface area (Å²) in [4.78, 5) is 23.3. The van der Waals surface area contributed by atoms with Crippen LogP contribution in [0.4, 0.5) is 5.69 Å². The normalized spacial score (nSPS) is 13.9. The Bertz CT molecular complexity index is 1740. The summed E-state index contributed by atoms with van der Waals surface area (Å²) >= 11 is 6.08. The molecule has 0 aliphatic carbocycles. The van der Waals surface area contributed by atoms with Gasteiger partial charge in [0, 0.05) is 23.8 Å². The van der Waals surface area contributed by atoms with E-state index in [-0.39, 0.29) is 39.2 Å². The van der Waals surface area contributed by atoms with Gasteiger partial charge in [-0.15, -0.1) is 0 Å². The van der Waals surface area contributed by atoms with E-state index < -0.39 is 16.8 Å². The van der Waals surface area contributed by atoms with Crippen molar-refractivity contribution in [2.24, 2.45) is 5.73 Å². The maximum Gasteiger partial charge on any atom is 0.345 e. The number of aryl methyl sites for hydroxylation is 1. The second kappa shape index (κ2) is 11.4. The number of hydrogen-bond acceptors (Lipinski definition) is 8. The van der Waals surface area contributed by atoms with E-state index in [1.807, 2.05) is 55.5 Å². The monoisotopic (exact) mass is 567 g/mol. The van der Waals surface area contributed by atoms with Crippen molar-refractivity contribution in [1.29, 1.82) is 5.26 Å². The van der Waals surface area contributed by atoms with Gasteiger partial charge in [0.1, 0.15) is 35.5 Å². The Balaban J connectivity index is 1.42. The summed E-state index contributed by atoms with van der Waals surface area (Å²) in [7, 11) is 0. The fourth-order valence-corrected chi connectivity index (χ4v) is 4.62. The average Bonchev–Trinajstić information content (AvgIpc) is 2.96. The van der Waals surface area contributed by atoms with Crippen LogP contribution < -0.4 is 19.9 Å². The Morgan fingerprint density at radius 3 is 2.59 bits per heavy atom. The summed E-state index contributed by atoms with van der Waals surface area (Å²) in [5.74, 6) is -0.535. The number of rotatable bonds is 7. The van der Waals surface area contributed by atoms with Crippen molar-refractivity contribution in [3.8, 4) is 23.3 Å². The molecule has 1 aliphatic heterocycles.